The fourth-order valence-corrected chi connectivity index (χ4v) is 1.48. The summed E-state index contributed by atoms with van der Waals surface area (Å²) < 4.78 is 0. The number of benzene rings is 1. The molecule has 1 aromatic heterocycles. The molecule has 0 atom stereocenters. The van der Waals surface area contributed by atoms with Gasteiger partial charge in [0.2, 0.25) is 5.95 Å². The minimum Gasteiger partial charge on any atom is -0.324 e. The van der Waals surface area contributed by atoms with E-state index in [2.05, 4.69) is 21.9 Å². The van der Waals surface area contributed by atoms with Crippen LogP contribution < -0.4 is 5.32 Å². The zero-order chi connectivity index (χ0) is 12.3. The van der Waals surface area contributed by atoms with Gasteiger partial charge in [0.1, 0.15) is 0 Å². The molecule has 2 aromatic rings. The second kappa shape index (κ2) is 4.78. The van der Waals surface area contributed by atoms with E-state index in [-0.39, 0.29) is 0 Å². The fourth-order valence-electron chi connectivity index (χ4n) is 1.48. The van der Waals surface area contributed by atoms with Crippen molar-refractivity contribution in [3.8, 4) is 0 Å². The van der Waals surface area contributed by atoms with Gasteiger partial charge in [0.15, 0.2) is 0 Å². The highest BCUT2D eigenvalue weighted by Gasteiger charge is 1.98. The lowest BCUT2D eigenvalue weighted by Crippen LogP contribution is -1.97. The standard InChI is InChI=1S/C14H15N3/c1-10(2)12-4-6-13(7-5-12)17-14-15-9-8-11(3)16-14/h4-9H,1H2,2-3H3,(H,15,16,17). The number of rotatable bonds is 3. The predicted octanol–water partition coefficient (Wildman–Crippen LogP) is 3.56. The summed E-state index contributed by atoms with van der Waals surface area (Å²) in [6.07, 6.45) is 1.74. The van der Waals surface area contributed by atoms with Gasteiger partial charge in [-0.15, -0.1) is 0 Å². The number of hydrogen-bond acceptors (Lipinski definition) is 3. The molecule has 0 bridgehead atoms. The molecule has 3 heteroatoms. The van der Waals surface area contributed by atoms with E-state index >= 15 is 0 Å². The lowest BCUT2D eigenvalue weighted by atomic mass is 10.1. The maximum Gasteiger partial charge on any atom is 0.227 e. The Morgan fingerprint density at radius 3 is 2.47 bits per heavy atom. The molecule has 0 unspecified atom stereocenters. The predicted molar refractivity (Wildman–Crippen MR) is 71.2 cm³/mol. The molecule has 0 aliphatic heterocycles. The van der Waals surface area contributed by atoms with Crippen molar-refractivity contribution in [2.24, 2.45) is 0 Å². The Bertz CT molecular complexity index is 529. The number of aryl methyl sites for hydroxylation is 1. The maximum absolute atomic E-state index is 4.29. The highest BCUT2D eigenvalue weighted by Crippen LogP contribution is 2.17. The molecule has 1 aromatic carbocycles. The minimum atomic E-state index is 0.619. The molecule has 1 heterocycles. The van der Waals surface area contributed by atoms with Gasteiger partial charge in [-0.25, -0.2) is 9.97 Å². The zero-order valence-electron chi connectivity index (χ0n) is 10.1. The molecule has 17 heavy (non-hydrogen) atoms. The van der Waals surface area contributed by atoms with Gasteiger partial charge >= 0.3 is 0 Å². The molecule has 0 saturated carbocycles. The molecular formula is C14H15N3. The molecule has 86 valence electrons. The smallest absolute Gasteiger partial charge is 0.227 e. The molecule has 0 aliphatic carbocycles. The van der Waals surface area contributed by atoms with Crippen LogP contribution in [0.4, 0.5) is 11.6 Å². The third kappa shape index (κ3) is 2.91. The zero-order valence-corrected chi connectivity index (χ0v) is 10.1. The lowest BCUT2D eigenvalue weighted by molar-refractivity contribution is 1.11. The monoisotopic (exact) mass is 225 g/mol. The van der Waals surface area contributed by atoms with Crippen LogP contribution in [0.5, 0.6) is 0 Å². The summed E-state index contributed by atoms with van der Waals surface area (Å²) >= 11 is 0. The first-order chi connectivity index (χ1) is 8.15. The Labute approximate surface area is 101 Å². The normalized spacial score (nSPS) is 10.0. The van der Waals surface area contributed by atoms with Crippen molar-refractivity contribution in [1.82, 2.24) is 9.97 Å². The van der Waals surface area contributed by atoms with Gasteiger partial charge in [-0.3, -0.25) is 0 Å². The average molecular weight is 225 g/mol. The first-order valence-corrected chi connectivity index (χ1v) is 5.48. The topological polar surface area (TPSA) is 37.8 Å². The molecule has 3 nitrogen and oxygen atoms in total. The highest BCUT2D eigenvalue weighted by atomic mass is 15.1. The van der Waals surface area contributed by atoms with Crippen LogP contribution in [0.2, 0.25) is 0 Å². The van der Waals surface area contributed by atoms with Crippen molar-refractivity contribution in [2.75, 3.05) is 5.32 Å². The largest absolute Gasteiger partial charge is 0.324 e. The number of nitrogens with one attached hydrogen (secondary N) is 1. The number of nitrogens with zero attached hydrogens (tertiary/aromatic N) is 2. The summed E-state index contributed by atoms with van der Waals surface area (Å²) in [6, 6.07) is 9.92. The number of allylic oxidation sites excluding steroid dienone is 1. The minimum absolute atomic E-state index is 0.619. The van der Waals surface area contributed by atoms with Crippen LogP contribution in [0.15, 0.2) is 43.1 Å². The fraction of sp³-hybridized carbons (Fsp3) is 0.143. The van der Waals surface area contributed by atoms with Crippen molar-refractivity contribution >= 4 is 17.2 Å². The molecule has 0 fully saturated rings. The highest BCUT2D eigenvalue weighted by molar-refractivity contribution is 5.64. The Kier molecular flexibility index (Phi) is 3.19. The van der Waals surface area contributed by atoms with Gasteiger partial charge in [0, 0.05) is 17.6 Å². The molecular weight excluding hydrogens is 210 g/mol. The van der Waals surface area contributed by atoms with E-state index in [0.717, 1.165) is 22.5 Å². The second-order valence-electron chi connectivity index (χ2n) is 4.00. The molecule has 0 spiro atoms. The Morgan fingerprint density at radius 2 is 1.88 bits per heavy atom. The van der Waals surface area contributed by atoms with E-state index < -0.39 is 0 Å². The first-order valence-electron chi connectivity index (χ1n) is 5.48. The van der Waals surface area contributed by atoms with E-state index in [1.165, 1.54) is 0 Å². The quantitative estimate of drug-likeness (QED) is 0.867. The van der Waals surface area contributed by atoms with Crippen molar-refractivity contribution in [2.45, 2.75) is 13.8 Å². The molecule has 2 rings (SSSR count). The van der Waals surface area contributed by atoms with Gasteiger partial charge in [-0.05, 0) is 37.6 Å². The molecule has 0 amide bonds. The summed E-state index contributed by atoms with van der Waals surface area (Å²) in [6.45, 7) is 7.84. The SMILES string of the molecule is C=C(C)c1ccc(Nc2nccc(C)n2)cc1. The third-order valence-corrected chi connectivity index (χ3v) is 2.43. The van der Waals surface area contributed by atoms with Crippen molar-refractivity contribution in [3.63, 3.8) is 0 Å². The summed E-state index contributed by atoms with van der Waals surface area (Å²) in [5.74, 6) is 0.619. The van der Waals surface area contributed by atoms with Crippen LogP contribution in [0.3, 0.4) is 0 Å². The van der Waals surface area contributed by atoms with E-state index in [1.54, 1.807) is 6.20 Å². The van der Waals surface area contributed by atoms with Crippen molar-refractivity contribution < 1.29 is 0 Å². The Morgan fingerprint density at radius 1 is 1.18 bits per heavy atom. The molecule has 0 aliphatic rings. The molecule has 0 radical (unpaired) electrons. The van der Waals surface area contributed by atoms with Gasteiger partial charge in [0.25, 0.3) is 0 Å². The van der Waals surface area contributed by atoms with Gasteiger partial charge < -0.3 is 5.32 Å². The second-order valence-corrected chi connectivity index (χ2v) is 4.00. The summed E-state index contributed by atoms with van der Waals surface area (Å²) in [7, 11) is 0. The van der Waals surface area contributed by atoms with E-state index in [0.29, 0.717) is 5.95 Å². The van der Waals surface area contributed by atoms with Crippen molar-refractivity contribution in [3.05, 3.63) is 54.4 Å². The van der Waals surface area contributed by atoms with Crippen LogP contribution in [0.25, 0.3) is 5.57 Å². The number of anilines is 2. The van der Waals surface area contributed by atoms with Crippen LogP contribution >= 0.6 is 0 Å². The number of aromatic nitrogens is 2. The number of hydrogen-bond donors (Lipinski definition) is 1. The van der Waals surface area contributed by atoms with E-state index in [9.17, 15) is 0 Å². The van der Waals surface area contributed by atoms with Gasteiger partial charge in [-0.1, -0.05) is 24.3 Å². The van der Waals surface area contributed by atoms with Gasteiger partial charge in [0.05, 0.1) is 0 Å². The summed E-state index contributed by atoms with van der Waals surface area (Å²) in [4.78, 5) is 8.44. The van der Waals surface area contributed by atoms with Gasteiger partial charge in [-0.2, -0.15) is 0 Å². The van der Waals surface area contributed by atoms with Crippen LogP contribution in [0.1, 0.15) is 18.2 Å². The third-order valence-electron chi connectivity index (χ3n) is 2.43. The van der Waals surface area contributed by atoms with Crippen LogP contribution in [-0.4, -0.2) is 9.97 Å². The van der Waals surface area contributed by atoms with Crippen LogP contribution in [0, 0.1) is 6.92 Å². The average Bonchev–Trinajstić information content (AvgIpc) is 2.29. The maximum atomic E-state index is 4.29. The summed E-state index contributed by atoms with van der Waals surface area (Å²) in [5, 5.41) is 3.16. The molecule has 0 saturated heterocycles. The summed E-state index contributed by atoms with van der Waals surface area (Å²) in [5.41, 5.74) is 4.12. The molecule has 1 N–H and O–H groups in total. The lowest BCUT2D eigenvalue weighted by Gasteiger charge is -2.06. The van der Waals surface area contributed by atoms with Crippen molar-refractivity contribution in [1.29, 1.82) is 0 Å². The van der Waals surface area contributed by atoms with Crippen LogP contribution in [-0.2, 0) is 0 Å². The Balaban J connectivity index is 2.16. The Hall–Kier alpha value is -2.16. The van der Waals surface area contributed by atoms with E-state index in [4.69, 9.17) is 0 Å². The first kappa shape index (κ1) is 11.3. The van der Waals surface area contributed by atoms with E-state index in [1.807, 2.05) is 44.2 Å².